The summed E-state index contributed by atoms with van der Waals surface area (Å²) in [5, 5.41) is -0.517. The third kappa shape index (κ3) is 3.22. The quantitative estimate of drug-likeness (QED) is 0.588. The summed E-state index contributed by atoms with van der Waals surface area (Å²) >= 11 is 6.74. The van der Waals surface area contributed by atoms with Crippen LogP contribution in [0.1, 0.15) is 51.9 Å². The van der Waals surface area contributed by atoms with Crippen molar-refractivity contribution in [1.82, 2.24) is 0 Å². The van der Waals surface area contributed by atoms with Gasteiger partial charge in [-0.1, -0.05) is 13.3 Å². The number of carbonyl (C=O) groups excluding carboxylic acids is 2. The van der Waals surface area contributed by atoms with Crippen molar-refractivity contribution >= 4 is 23.2 Å². The molecule has 3 aliphatic carbocycles. The summed E-state index contributed by atoms with van der Waals surface area (Å²) in [6, 6.07) is 0. The predicted octanol–water partition coefficient (Wildman–Crippen LogP) is 3.53. The monoisotopic (exact) mass is 470 g/mol. The van der Waals surface area contributed by atoms with Crippen molar-refractivity contribution in [1.29, 1.82) is 0 Å². The third-order valence-electron chi connectivity index (χ3n) is 8.47. The second-order valence-electron chi connectivity index (χ2n) is 10.2. The van der Waals surface area contributed by atoms with Gasteiger partial charge in [-0.25, -0.2) is 4.39 Å². The lowest BCUT2D eigenvalue weighted by molar-refractivity contribution is -0.147. The molecule has 2 saturated carbocycles. The van der Waals surface area contributed by atoms with Gasteiger partial charge in [0.15, 0.2) is 17.2 Å². The largest absolute Gasteiger partial charge is 0.490 e. The lowest BCUT2D eigenvalue weighted by Crippen LogP contribution is -2.52. The Kier molecular flexibility index (Phi) is 5.92. The van der Waals surface area contributed by atoms with E-state index in [9.17, 15) is 14.0 Å². The standard InChI is InChI=1S/C24H32ClFO6/c1-11-7-15(27)14-9-16(12-5-4-6-13(26)8-12)31-23(14)24(11)22(28)19-17(29-2)10-18(30-3)20(25)21(19)32-24/h11-13,16-21H,4-10H2,1-3H3/t11-,12?,13?,16+,17?,18?,19?,20?,21?,24-/m1/s1. The molecule has 32 heavy (non-hydrogen) atoms. The highest BCUT2D eigenvalue weighted by molar-refractivity contribution is 6.22. The Morgan fingerprint density at radius 1 is 1.09 bits per heavy atom. The van der Waals surface area contributed by atoms with Gasteiger partial charge >= 0.3 is 0 Å². The van der Waals surface area contributed by atoms with Crippen LogP contribution < -0.4 is 0 Å². The fourth-order valence-corrected chi connectivity index (χ4v) is 7.16. The molecule has 0 aromatic heterocycles. The molecule has 5 rings (SSSR count). The van der Waals surface area contributed by atoms with Crippen molar-refractivity contribution in [2.75, 3.05) is 14.2 Å². The van der Waals surface area contributed by atoms with Gasteiger partial charge < -0.3 is 18.9 Å². The Labute approximate surface area is 193 Å². The number of methoxy groups -OCH3 is 2. The fraction of sp³-hybridized carbons (Fsp3) is 0.833. The molecule has 6 nitrogen and oxygen atoms in total. The molecule has 0 N–H and O–H groups in total. The molecule has 0 aromatic rings. The highest BCUT2D eigenvalue weighted by atomic mass is 35.5. The Morgan fingerprint density at radius 3 is 2.53 bits per heavy atom. The van der Waals surface area contributed by atoms with Crippen molar-refractivity contribution in [3.05, 3.63) is 11.3 Å². The zero-order chi connectivity index (χ0) is 22.8. The highest BCUT2D eigenvalue weighted by Crippen LogP contribution is 2.56. The van der Waals surface area contributed by atoms with E-state index in [2.05, 4.69) is 0 Å². The van der Waals surface area contributed by atoms with Gasteiger partial charge in [0.05, 0.1) is 29.6 Å². The number of rotatable bonds is 3. The number of Topliss-reactive ketones (excluding diaryl/α,β-unsaturated/α-hetero) is 2. The molecule has 3 fully saturated rings. The lowest BCUT2D eigenvalue weighted by atomic mass is 9.69. The average Bonchev–Trinajstić information content (AvgIpc) is 3.35. The summed E-state index contributed by atoms with van der Waals surface area (Å²) in [5.41, 5.74) is -0.798. The molecule has 10 atom stereocenters. The molecular weight excluding hydrogens is 439 g/mol. The van der Waals surface area contributed by atoms with Crippen molar-refractivity contribution in [2.24, 2.45) is 17.8 Å². The number of hydrogen-bond acceptors (Lipinski definition) is 6. The number of hydrogen-bond donors (Lipinski definition) is 0. The van der Waals surface area contributed by atoms with Crippen molar-refractivity contribution in [2.45, 2.75) is 93.4 Å². The molecule has 0 amide bonds. The Bertz CT molecular complexity index is 831. The minimum atomic E-state index is -1.34. The maximum atomic E-state index is 14.1. The first-order valence-electron chi connectivity index (χ1n) is 11.8. The van der Waals surface area contributed by atoms with Gasteiger partial charge in [0.2, 0.25) is 0 Å². The summed E-state index contributed by atoms with van der Waals surface area (Å²) in [6.07, 6.45) is 1.42. The Hall–Kier alpha value is -1.02. The van der Waals surface area contributed by atoms with E-state index in [-0.39, 0.29) is 48.1 Å². The summed E-state index contributed by atoms with van der Waals surface area (Å²) in [7, 11) is 3.17. The summed E-state index contributed by atoms with van der Waals surface area (Å²) < 4.78 is 38.3. The number of carbonyl (C=O) groups is 2. The van der Waals surface area contributed by atoms with Gasteiger partial charge in [0.1, 0.15) is 18.0 Å². The van der Waals surface area contributed by atoms with E-state index in [4.69, 9.17) is 30.5 Å². The predicted molar refractivity (Wildman–Crippen MR) is 114 cm³/mol. The van der Waals surface area contributed by atoms with Crippen LogP contribution in [0.25, 0.3) is 0 Å². The van der Waals surface area contributed by atoms with Crippen LogP contribution in [0.4, 0.5) is 4.39 Å². The van der Waals surface area contributed by atoms with Crippen LogP contribution in [0.5, 0.6) is 0 Å². The summed E-state index contributed by atoms with van der Waals surface area (Å²) in [4.78, 5) is 27.0. The number of ketones is 2. The van der Waals surface area contributed by atoms with E-state index in [0.717, 1.165) is 12.8 Å². The first-order valence-corrected chi connectivity index (χ1v) is 12.2. The lowest BCUT2D eigenvalue weighted by Gasteiger charge is -2.39. The molecule has 1 saturated heterocycles. The number of alkyl halides is 2. The van der Waals surface area contributed by atoms with E-state index in [1.807, 2.05) is 6.92 Å². The second kappa shape index (κ2) is 8.33. The van der Waals surface area contributed by atoms with E-state index in [0.29, 0.717) is 37.0 Å². The van der Waals surface area contributed by atoms with Gasteiger partial charge in [-0.3, -0.25) is 9.59 Å². The van der Waals surface area contributed by atoms with E-state index >= 15 is 0 Å². The van der Waals surface area contributed by atoms with E-state index in [1.165, 1.54) is 0 Å². The summed E-state index contributed by atoms with van der Waals surface area (Å²) in [5.74, 6) is -0.651. The average molecular weight is 471 g/mol. The normalized spacial score (nSPS) is 48.7. The van der Waals surface area contributed by atoms with Crippen LogP contribution in [0, 0.1) is 17.8 Å². The maximum absolute atomic E-state index is 14.1. The smallest absolute Gasteiger partial charge is 0.187 e. The Balaban J connectivity index is 1.50. The zero-order valence-corrected chi connectivity index (χ0v) is 19.6. The van der Waals surface area contributed by atoms with E-state index in [1.54, 1.807) is 14.2 Å². The minimum absolute atomic E-state index is 0.0000112. The van der Waals surface area contributed by atoms with Crippen LogP contribution in [0.15, 0.2) is 11.3 Å². The maximum Gasteiger partial charge on any atom is 0.187 e. The van der Waals surface area contributed by atoms with Crippen LogP contribution in [-0.2, 0) is 28.5 Å². The van der Waals surface area contributed by atoms with Crippen LogP contribution in [-0.4, -0.2) is 67.4 Å². The molecule has 2 aliphatic heterocycles. The molecule has 1 spiro atoms. The van der Waals surface area contributed by atoms with Gasteiger partial charge in [-0.2, -0.15) is 0 Å². The minimum Gasteiger partial charge on any atom is -0.490 e. The fourth-order valence-electron chi connectivity index (χ4n) is 6.74. The molecule has 178 valence electrons. The Morgan fingerprint density at radius 2 is 1.84 bits per heavy atom. The number of ether oxygens (including phenoxy) is 4. The molecular formula is C24H32ClFO6. The highest BCUT2D eigenvalue weighted by Gasteiger charge is 2.68. The molecule has 2 heterocycles. The van der Waals surface area contributed by atoms with Crippen molar-refractivity contribution in [3.8, 4) is 0 Å². The molecule has 7 unspecified atom stereocenters. The molecule has 0 aromatic carbocycles. The third-order valence-corrected chi connectivity index (χ3v) is 9.00. The van der Waals surface area contributed by atoms with Gasteiger partial charge in [0, 0.05) is 45.0 Å². The van der Waals surface area contributed by atoms with E-state index < -0.39 is 29.2 Å². The van der Waals surface area contributed by atoms with Gasteiger partial charge in [0.25, 0.3) is 0 Å². The van der Waals surface area contributed by atoms with Gasteiger partial charge in [-0.05, 0) is 25.2 Å². The van der Waals surface area contributed by atoms with Crippen molar-refractivity contribution in [3.63, 3.8) is 0 Å². The topological polar surface area (TPSA) is 71.1 Å². The van der Waals surface area contributed by atoms with Crippen LogP contribution in [0.2, 0.25) is 0 Å². The first-order chi connectivity index (χ1) is 15.3. The first kappa shape index (κ1) is 22.8. The second-order valence-corrected chi connectivity index (χ2v) is 10.7. The van der Waals surface area contributed by atoms with Crippen LogP contribution in [0.3, 0.4) is 0 Å². The summed E-state index contributed by atoms with van der Waals surface area (Å²) in [6.45, 7) is 1.87. The molecule has 0 radical (unpaired) electrons. The van der Waals surface area contributed by atoms with Crippen LogP contribution >= 0.6 is 11.6 Å². The van der Waals surface area contributed by atoms with Gasteiger partial charge in [-0.15, -0.1) is 11.6 Å². The number of halogens is 2. The number of fused-ring (bicyclic) bond motifs is 2. The molecule has 5 aliphatic rings. The van der Waals surface area contributed by atoms with Crippen molar-refractivity contribution < 1.29 is 32.9 Å². The zero-order valence-electron chi connectivity index (χ0n) is 18.9. The molecule has 8 heteroatoms. The molecule has 0 bridgehead atoms. The SMILES string of the molecule is COC1CC(OC)C2C(=O)[C@@]3(OC2C1Cl)C1=C(C[C@@H](C2CCCC(F)C2)O1)C(=O)C[C@H]3C.